The van der Waals surface area contributed by atoms with Gasteiger partial charge in [-0.2, -0.15) is 4.52 Å². The van der Waals surface area contributed by atoms with Crippen molar-refractivity contribution in [1.82, 2.24) is 24.8 Å². The van der Waals surface area contributed by atoms with Crippen molar-refractivity contribution in [3.8, 4) is 0 Å². The normalized spacial score (nSPS) is 17.7. The summed E-state index contributed by atoms with van der Waals surface area (Å²) in [7, 11) is 0. The number of hydrogen-bond donors (Lipinski definition) is 1. The van der Waals surface area contributed by atoms with Gasteiger partial charge in [0.05, 0.1) is 10.7 Å². The van der Waals surface area contributed by atoms with Gasteiger partial charge in [-0.05, 0) is 31.0 Å². The summed E-state index contributed by atoms with van der Waals surface area (Å²) in [6.07, 6.45) is 5.80. The van der Waals surface area contributed by atoms with Crippen molar-refractivity contribution in [2.75, 3.05) is 29.9 Å². The maximum absolute atomic E-state index is 6.12. The summed E-state index contributed by atoms with van der Waals surface area (Å²) in [6.45, 7) is 2.85. The Morgan fingerprint density at radius 2 is 2.04 bits per heavy atom. The van der Waals surface area contributed by atoms with Crippen LogP contribution in [0.5, 0.6) is 0 Å². The van der Waals surface area contributed by atoms with Crippen molar-refractivity contribution in [2.24, 2.45) is 5.92 Å². The molecule has 0 unspecified atom stereocenters. The third kappa shape index (κ3) is 2.78. The topological polar surface area (TPSA) is 71.2 Å². The molecule has 2 aliphatic rings. The third-order valence-electron chi connectivity index (χ3n) is 4.85. The van der Waals surface area contributed by atoms with Gasteiger partial charge in [-0.15, -0.1) is 15.3 Å². The number of aromatic nitrogens is 5. The standard InChI is InChI=1S/C17H18ClN7/c18-13-8-19-6-5-14(13)20-7-11-9-24(10-11)16-4-3-15-21-22-17(12-1-2-12)25(15)23-16/h3-6,8,11-12H,1-2,7,9-10H2,(H,19,20). The van der Waals surface area contributed by atoms with E-state index in [1.54, 1.807) is 12.4 Å². The van der Waals surface area contributed by atoms with Crippen molar-refractivity contribution < 1.29 is 0 Å². The van der Waals surface area contributed by atoms with Gasteiger partial charge in [-0.25, -0.2) is 0 Å². The van der Waals surface area contributed by atoms with Gasteiger partial charge in [0.1, 0.15) is 5.82 Å². The molecule has 0 radical (unpaired) electrons. The predicted octanol–water partition coefficient (Wildman–Crippen LogP) is 2.60. The van der Waals surface area contributed by atoms with Crippen LogP contribution < -0.4 is 10.2 Å². The summed E-state index contributed by atoms with van der Waals surface area (Å²) >= 11 is 6.12. The molecule has 4 heterocycles. The average molecular weight is 356 g/mol. The highest BCUT2D eigenvalue weighted by Gasteiger charge is 2.31. The van der Waals surface area contributed by atoms with Gasteiger partial charge in [0.25, 0.3) is 0 Å². The molecule has 0 aromatic carbocycles. The molecule has 0 bridgehead atoms. The Labute approximate surface area is 150 Å². The number of halogens is 1. The van der Waals surface area contributed by atoms with Crippen molar-refractivity contribution in [2.45, 2.75) is 18.8 Å². The summed E-state index contributed by atoms with van der Waals surface area (Å²) in [5.41, 5.74) is 1.77. The summed E-state index contributed by atoms with van der Waals surface area (Å²) in [5.74, 6) is 3.11. The van der Waals surface area contributed by atoms with Crippen LogP contribution in [0.25, 0.3) is 5.65 Å². The maximum atomic E-state index is 6.12. The van der Waals surface area contributed by atoms with Gasteiger partial charge >= 0.3 is 0 Å². The van der Waals surface area contributed by atoms with E-state index in [0.717, 1.165) is 42.6 Å². The summed E-state index contributed by atoms with van der Waals surface area (Å²) < 4.78 is 1.91. The molecule has 0 amide bonds. The first-order valence-corrected chi connectivity index (χ1v) is 8.96. The molecule has 5 rings (SSSR count). The van der Waals surface area contributed by atoms with Crippen LogP contribution in [-0.2, 0) is 0 Å². The van der Waals surface area contributed by atoms with E-state index in [-0.39, 0.29) is 0 Å². The van der Waals surface area contributed by atoms with E-state index in [1.807, 2.05) is 22.7 Å². The quantitative estimate of drug-likeness (QED) is 0.758. The van der Waals surface area contributed by atoms with E-state index in [9.17, 15) is 0 Å². The van der Waals surface area contributed by atoms with Crippen LogP contribution in [0.3, 0.4) is 0 Å². The van der Waals surface area contributed by atoms with Crippen molar-refractivity contribution in [1.29, 1.82) is 0 Å². The molecule has 7 nitrogen and oxygen atoms in total. The Morgan fingerprint density at radius 1 is 1.16 bits per heavy atom. The van der Waals surface area contributed by atoms with Crippen LogP contribution in [0.4, 0.5) is 11.5 Å². The Hall–Kier alpha value is -2.41. The Bertz CT molecular complexity index is 914. The third-order valence-corrected chi connectivity index (χ3v) is 5.15. The number of pyridine rings is 1. The van der Waals surface area contributed by atoms with E-state index in [4.69, 9.17) is 16.7 Å². The average Bonchev–Trinajstić information content (AvgIpc) is 3.34. The van der Waals surface area contributed by atoms with Crippen molar-refractivity contribution >= 4 is 28.8 Å². The highest BCUT2D eigenvalue weighted by molar-refractivity contribution is 6.33. The zero-order chi connectivity index (χ0) is 16.8. The number of anilines is 2. The lowest BCUT2D eigenvalue weighted by Gasteiger charge is -2.40. The van der Waals surface area contributed by atoms with Gasteiger partial charge in [0.15, 0.2) is 11.5 Å². The van der Waals surface area contributed by atoms with Gasteiger partial charge in [-0.3, -0.25) is 4.98 Å². The molecule has 0 atom stereocenters. The zero-order valence-corrected chi connectivity index (χ0v) is 14.4. The van der Waals surface area contributed by atoms with Gasteiger partial charge in [-0.1, -0.05) is 11.6 Å². The summed E-state index contributed by atoms with van der Waals surface area (Å²) in [5, 5.41) is 17.3. The van der Waals surface area contributed by atoms with Gasteiger partial charge in [0.2, 0.25) is 0 Å². The molecule has 3 aromatic rings. The Balaban J connectivity index is 1.24. The van der Waals surface area contributed by atoms with Crippen LogP contribution in [0.1, 0.15) is 24.6 Å². The number of nitrogens with one attached hydrogen (secondary N) is 1. The largest absolute Gasteiger partial charge is 0.383 e. The van der Waals surface area contributed by atoms with Gasteiger partial charge in [0, 0.05) is 43.9 Å². The van der Waals surface area contributed by atoms with Crippen LogP contribution in [0.2, 0.25) is 5.02 Å². The second kappa shape index (κ2) is 5.84. The fourth-order valence-electron chi connectivity index (χ4n) is 3.22. The van der Waals surface area contributed by atoms with Crippen molar-refractivity contribution in [3.05, 3.63) is 41.4 Å². The highest BCUT2D eigenvalue weighted by Crippen LogP contribution is 2.39. The predicted molar refractivity (Wildman–Crippen MR) is 96.2 cm³/mol. The molecule has 3 aromatic heterocycles. The van der Waals surface area contributed by atoms with E-state index < -0.39 is 0 Å². The highest BCUT2D eigenvalue weighted by atomic mass is 35.5. The molecular formula is C17H18ClN7. The first-order chi connectivity index (χ1) is 12.3. The molecule has 2 fully saturated rings. The summed E-state index contributed by atoms with van der Waals surface area (Å²) in [6, 6.07) is 5.94. The fourth-order valence-corrected chi connectivity index (χ4v) is 3.41. The lowest BCUT2D eigenvalue weighted by atomic mass is 10.0. The van der Waals surface area contributed by atoms with Crippen LogP contribution in [0.15, 0.2) is 30.6 Å². The number of rotatable bonds is 5. The maximum Gasteiger partial charge on any atom is 0.178 e. The lowest BCUT2D eigenvalue weighted by Crippen LogP contribution is -2.50. The minimum absolute atomic E-state index is 0.538. The number of fused-ring (bicyclic) bond motifs is 1. The molecule has 1 saturated carbocycles. The molecule has 0 spiro atoms. The zero-order valence-electron chi connectivity index (χ0n) is 13.6. The molecule has 1 N–H and O–H groups in total. The Morgan fingerprint density at radius 3 is 2.84 bits per heavy atom. The first-order valence-electron chi connectivity index (χ1n) is 8.58. The van der Waals surface area contributed by atoms with E-state index in [1.165, 1.54) is 12.8 Å². The molecule has 25 heavy (non-hydrogen) atoms. The van der Waals surface area contributed by atoms with Gasteiger partial charge < -0.3 is 10.2 Å². The molecule has 1 aliphatic heterocycles. The second-order valence-electron chi connectivity index (χ2n) is 6.80. The first kappa shape index (κ1) is 14.9. The molecule has 8 heteroatoms. The minimum atomic E-state index is 0.538. The summed E-state index contributed by atoms with van der Waals surface area (Å²) in [4.78, 5) is 6.29. The van der Waals surface area contributed by atoms with Crippen LogP contribution in [-0.4, -0.2) is 44.4 Å². The second-order valence-corrected chi connectivity index (χ2v) is 7.21. The van der Waals surface area contributed by atoms with E-state index in [0.29, 0.717) is 16.9 Å². The van der Waals surface area contributed by atoms with Crippen molar-refractivity contribution in [3.63, 3.8) is 0 Å². The number of hydrogen-bond acceptors (Lipinski definition) is 6. The monoisotopic (exact) mass is 355 g/mol. The van der Waals surface area contributed by atoms with E-state index >= 15 is 0 Å². The van der Waals surface area contributed by atoms with Crippen LogP contribution >= 0.6 is 11.6 Å². The van der Waals surface area contributed by atoms with Crippen LogP contribution in [0, 0.1) is 5.92 Å². The smallest absolute Gasteiger partial charge is 0.178 e. The Kier molecular flexibility index (Phi) is 3.48. The minimum Gasteiger partial charge on any atom is -0.383 e. The molecule has 128 valence electrons. The number of nitrogens with zero attached hydrogens (tertiary/aromatic N) is 6. The molecular weight excluding hydrogens is 338 g/mol. The molecule has 1 saturated heterocycles. The van der Waals surface area contributed by atoms with E-state index in [2.05, 4.69) is 25.4 Å². The SMILES string of the molecule is Clc1cnccc1NCC1CN(c2ccc3nnc(C4CC4)n3n2)C1. The fraction of sp³-hybridized carbons (Fsp3) is 0.412. The molecule has 1 aliphatic carbocycles. The lowest BCUT2D eigenvalue weighted by molar-refractivity contribution is 0.425.